The van der Waals surface area contributed by atoms with Gasteiger partial charge in [-0.3, -0.25) is 9.10 Å². The monoisotopic (exact) mass is 421 g/mol. The Balaban J connectivity index is 2.19. The molecule has 0 atom stereocenters. The van der Waals surface area contributed by atoms with Gasteiger partial charge in [0.25, 0.3) is 15.9 Å². The molecular weight excluding hydrogens is 394 g/mol. The van der Waals surface area contributed by atoms with Gasteiger partial charge in [0.1, 0.15) is 0 Å². The van der Waals surface area contributed by atoms with Crippen molar-refractivity contribution in [3.05, 3.63) is 48.0 Å². The van der Waals surface area contributed by atoms with Crippen LogP contribution in [0.3, 0.4) is 0 Å². The zero-order valence-electron chi connectivity index (χ0n) is 17.3. The van der Waals surface area contributed by atoms with Crippen LogP contribution in [-0.4, -0.2) is 67.7 Å². The van der Waals surface area contributed by atoms with Crippen LogP contribution in [0, 0.1) is 0 Å². The number of carbonyl (C=O) groups excluding carboxylic acids is 1. The number of hydrogen-bond acceptors (Lipinski definition) is 6. The van der Waals surface area contributed by atoms with Crippen LogP contribution in [0.4, 0.5) is 5.69 Å². The van der Waals surface area contributed by atoms with Crippen LogP contribution >= 0.6 is 0 Å². The molecule has 0 aromatic heterocycles. The lowest BCUT2D eigenvalue weighted by molar-refractivity contribution is 0.0951. The highest BCUT2D eigenvalue weighted by Crippen LogP contribution is 2.31. The summed E-state index contributed by atoms with van der Waals surface area (Å²) in [6, 6.07) is 10.8. The Hall–Kier alpha value is -2.78. The number of sulfonamides is 1. The van der Waals surface area contributed by atoms with E-state index in [0.29, 0.717) is 29.3 Å². The molecule has 0 aliphatic heterocycles. The van der Waals surface area contributed by atoms with E-state index >= 15 is 0 Å². The fourth-order valence-electron chi connectivity index (χ4n) is 2.59. The largest absolute Gasteiger partial charge is 0.493 e. The number of carbonyl (C=O) groups is 1. The third-order valence-corrected chi connectivity index (χ3v) is 6.13. The predicted octanol–water partition coefficient (Wildman–Crippen LogP) is 1.82. The van der Waals surface area contributed by atoms with Gasteiger partial charge in [0.05, 0.1) is 24.8 Å². The number of hydrogen-bond donors (Lipinski definition) is 1. The highest BCUT2D eigenvalue weighted by molar-refractivity contribution is 7.92. The van der Waals surface area contributed by atoms with Gasteiger partial charge in [0, 0.05) is 31.8 Å². The van der Waals surface area contributed by atoms with E-state index in [1.165, 1.54) is 33.4 Å². The number of benzene rings is 2. The van der Waals surface area contributed by atoms with Crippen molar-refractivity contribution < 1.29 is 22.7 Å². The van der Waals surface area contributed by atoms with Gasteiger partial charge in [-0.1, -0.05) is 0 Å². The van der Waals surface area contributed by atoms with Crippen molar-refractivity contribution in [3.8, 4) is 11.5 Å². The van der Waals surface area contributed by atoms with Gasteiger partial charge in [-0.05, 0) is 50.5 Å². The first-order valence-electron chi connectivity index (χ1n) is 8.94. The quantitative estimate of drug-likeness (QED) is 0.665. The topological polar surface area (TPSA) is 88.2 Å². The first-order valence-corrected chi connectivity index (χ1v) is 10.4. The Bertz CT molecular complexity index is 943. The van der Waals surface area contributed by atoms with Gasteiger partial charge in [0.15, 0.2) is 11.5 Å². The van der Waals surface area contributed by atoms with Crippen LogP contribution in [0.15, 0.2) is 47.4 Å². The molecule has 9 heteroatoms. The maximum absolute atomic E-state index is 13.0. The van der Waals surface area contributed by atoms with Crippen molar-refractivity contribution in [2.75, 3.05) is 52.8 Å². The molecule has 29 heavy (non-hydrogen) atoms. The third kappa shape index (κ3) is 5.39. The number of nitrogens with zero attached hydrogens (tertiary/aromatic N) is 2. The summed E-state index contributed by atoms with van der Waals surface area (Å²) in [7, 11) is 4.42. The summed E-state index contributed by atoms with van der Waals surface area (Å²) < 4.78 is 37.4. The smallest absolute Gasteiger partial charge is 0.264 e. The summed E-state index contributed by atoms with van der Waals surface area (Å²) in [5, 5.41) is 2.82. The maximum atomic E-state index is 13.0. The minimum atomic E-state index is -3.81. The van der Waals surface area contributed by atoms with Crippen LogP contribution in [0.25, 0.3) is 0 Å². The van der Waals surface area contributed by atoms with Crippen LogP contribution in [0.2, 0.25) is 0 Å². The second kappa shape index (κ2) is 9.62. The van der Waals surface area contributed by atoms with Crippen molar-refractivity contribution >= 4 is 21.6 Å². The molecule has 1 amide bonds. The Morgan fingerprint density at radius 1 is 0.966 bits per heavy atom. The van der Waals surface area contributed by atoms with E-state index in [1.807, 2.05) is 19.0 Å². The zero-order valence-corrected chi connectivity index (χ0v) is 18.1. The number of anilines is 1. The molecule has 158 valence electrons. The summed E-state index contributed by atoms with van der Waals surface area (Å²) in [4.78, 5) is 14.2. The summed E-state index contributed by atoms with van der Waals surface area (Å²) in [5.74, 6) is 0.564. The lowest BCUT2D eigenvalue weighted by Crippen LogP contribution is -2.31. The summed E-state index contributed by atoms with van der Waals surface area (Å²) in [5.41, 5.74) is 0.897. The van der Waals surface area contributed by atoms with Crippen molar-refractivity contribution in [2.24, 2.45) is 0 Å². The summed E-state index contributed by atoms with van der Waals surface area (Å²) in [6.45, 7) is 1.26. The Morgan fingerprint density at radius 2 is 1.59 bits per heavy atom. The van der Waals surface area contributed by atoms with E-state index < -0.39 is 10.0 Å². The lowest BCUT2D eigenvalue weighted by Gasteiger charge is -2.20. The average molecular weight is 422 g/mol. The SMILES string of the molecule is COc1ccc(S(=O)(=O)N(C)c2ccc(C(=O)NCCN(C)C)cc2)cc1OC. The number of likely N-dealkylation sites (N-methyl/N-ethyl adjacent to an activating group) is 1. The predicted molar refractivity (Wildman–Crippen MR) is 112 cm³/mol. The highest BCUT2D eigenvalue weighted by atomic mass is 32.2. The third-order valence-electron chi connectivity index (χ3n) is 4.35. The van der Waals surface area contributed by atoms with E-state index in [0.717, 1.165) is 10.8 Å². The van der Waals surface area contributed by atoms with E-state index in [2.05, 4.69) is 5.32 Å². The molecule has 2 rings (SSSR count). The zero-order chi connectivity index (χ0) is 21.6. The fourth-order valence-corrected chi connectivity index (χ4v) is 3.80. The average Bonchev–Trinajstić information content (AvgIpc) is 2.72. The lowest BCUT2D eigenvalue weighted by atomic mass is 10.2. The first-order chi connectivity index (χ1) is 13.7. The molecule has 0 saturated heterocycles. The Labute approximate surface area is 172 Å². The molecule has 0 fully saturated rings. The summed E-state index contributed by atoms with van der Waals surface area (Å²) in [6.07, 6.45) is 0. The molecule has 0 unspecified atom stereocenters. The second-order valence-corrected chi connectivity index (χ2v) is 8.56. The molecule has 0 heterocycles. The molecule has 2 aromatic rings. The molecule has 0 aliphatic carbocycles. The maximum Gasteiger partial charge on any atom is 0.264 e. The molecule has 0 spiro atoms. The van der Waals surface area contributed by atoms with Gasteiger partial charge in [-0.25, -0.2) is 8.42 Å². The van der Waals surface area contributed by atoms with Crippen LogP contribution in [0.1, 0.15) is 10.4 Å². The fraction of sp³-hybridized carbons (Fsp3) is 0.350. The van der Waals surface area contributed by atoms with Crippen molar-refractivity contribution in [3.63, 3.8) is 0 Å². The van der Waals surface area contributed by atoms with Crippen LogP contribution in [0.5, 0.6) is 11.5 Å². The Kier molecular flexibility index (Phi) is 7.46. The number of rotatable bonds is 9. The number of methoxy groups -OCH3 is 2. The number of ether oxygens (including phenoxy) is 2. The molecule has 0 aliphatic rings. The van der Waals surface area contributed by atoms with Gasteiger partial charge in [-0.15, -0.1) is 0 Å². The Morgan fingerprint density at radius 3 is 2.14 bits per heavy atom. The summed E-state index contributed by atoms with van der Waals surface area (Å²) >= 11 is 0. The molecule has 1 N–H and O–H groups in total. The van der Waals surface area contributed by atoms with E-state index in [-0.39, 0.29) is 10.8 Å². The number of amides is 1. The van der Waals surface area contributed by atoms with Crippen molar-refractivity contribution in [2.45, 2.75) is 4.90 Å². The van der Waals surface area contributed by atoms with Crippen LogP contribution < -0.4 is 19.1 Å². The first kappa shape index (κ1) is 22.5. The standard InChI is InChI=1S/C20H27N3O5S/c1-22(2)13-12-21-20(24)15-6-8-16(9-7-15)23(3)29(25,26)17-10-11-18(27-4)19(14-17)28-5/h6-11,14H,12-13H2,1-5H3,(H,21,24). The van der Waals surface area contributed by atoms with Gasteiger partial charge < -0.3 is 19.7 Å². The molecule has 8 nitrogen and oxygen atoms in total. The van der Waals surface area contributed by atoms with Crippen molar-refractivity contribution in [1.82, 2.24) is 10.2 Å². The molecular formula is C20H27N3O5S. The van der Waals surface area contributed by atoms with E-state index in [9.17, 15) is 13.2 Å². The highest BCUT2D eigenvalue weighted by Gasteiger charge is 2.23. The van der Waals surface area contributed by atoms with Crippen molar-refractivity contribution in [1.29, 1.82) is 0 Å². The second-order valence-electron chi connectivity index (χ2n) is 6.60. The normalized spacial score (nSPS) is 11.2. The molecule has 2 aromatic carbocycles. The number of nitrogens with one attached hydrogen (secondary N) is 1. The van der Waals surface area contributed by atoms with Crippen LogP contribution in [-0.2, 0) is 10.0 Å². The minimum Gasteiger partial charge on any atom is -0.493 e. The minimum absolute atomic E-state index is 0.0724. The van der Waals surface area contributed by atoms with Gasteiger partial charge in [0.2, 0.25) is 0 Å². The molecule has 0 saturated carbocycles. The van der Waals surface area contributed by atoms with E-state index in [1.54, 1.807) is 30.3 Å². The molecule has 0 bridgehead atoms. The molecule has 0 radical (unpaired) electrons. The van der Waals surface area contributed by atoms with Gasteiger partial charge >= 0.3 is 0 Å². The van der Waals surface area contributed by atoms with E-state index in [4.69, 9.17) is 9.47 Å². The van der Waals surface area contributed by atoms with Gasteiger partial charge in [-0.2, -0.15) is 0 Å².